The zero-order valence-electron chi connectivity index (χ0n) is 16.7. The van der Waals surface area contributed by atoms with Crippen molar-refractivity contribution in [3.05, 3.63) is 71.7 Å². The predicted molar refractivity (Wildman–Crippen MR) is 109 cm³/mol. The van der Waals surface area contributed by atoms with Gasteiger partial charge in [0.1, 0.15) is 11.6 Å². The van der Waals surface area contributed by atoms with Crippen LogP contribution in [0, 0.1) is 5.82 Å². The molecule has 1 saturated heterocycles. The number of carbonyl (C=O) groups is 1. The van der Waals surface area contributed by atoms with Crippen molar-refractivity contribution in [1.29, 1.82) is 0 Å². The molecule has 1 aliphatic rings. The highest BCUT2D eigenvalue weighted by Gasteiger charge is 2.28. The first kappa shape index (κ1) is 19.9. The first-order valence-electron chi connectivity index (χ1n) is 9.87. The summed E-state index contributed by atoms with van der Waals surface area (Å²) in [5.74, 6) is 1.47. The van der Waals surface area contributed by atoms with Crippen molar-refractivity contribution in [2.75, 3.05) is 25.5 Å². The summed E-state index contributed by atoms with van der Waals surface area (Å²) in [7, 11) is 1.60. The molecular formula is C22H23FN4O3. The molecule has 1 N–H and O–H groups in total. The van der Waals surface area contributed by atoms with Crippen molar-refractivity contribution in [3.63, 3.8) is 0 Å². The number of likely N-dealkylation sites (tertiary alicyclic amines) is 1. The number of anilines is 1. The van der Waals surface area contributed by atoms with E-state index in [1.165, 1.54) is 12.1 Å². The predicted octanol–water partition coefficient (Wildman–Crippen LogP) is 4.22. The molecule has 0 radical (unpaired) electrons. The minimum absolute atomic E-state index is 0.00478. The summed E-state index contributed by atoms with van der Waals surface area (Å²) >= 11 is 0. The highest BCUT2D eigenvalue weighted by atomic mass is 19.1. The molecule has 1 aromatic heterocycles. The number of halogens is 1. The van der Waals surface area contributed by atoms with E-state index in [1.54, 1.807) is 48.4 Å². The molecule has 0 bridgehead atoms. The molecule has 0 saturated carbocycles. The third-order valence-electron chi connectivity index (χ3n) is 5.15. The van der Waals surface area contributed by atoms with Gasteiger partial charge in [-0.15, -0.1) is 10.2 Å². The number of amides is 2. The maximum atomic E-state index is 13.1. The second-order valence-electron chi connectivity index (χ2n) is 7.28. The first-order chi connectivity index (χ1) is 14.6. The van der Waals surface area contributed by atoms with Crippen molar-refractivity contribution in [2.45, 2.75) is 25.2 Å². The molecule has 156 valence electrons. The molecule has 4 rings (SSSR count). The van der Waals surface area contributed by atoms with Crippen LogP contribution in [0.2, 0.25) is 0 Å². The van der Waals surface area contributed by atoms with E-state index in [9.17, 15) is 9.18 Å². The Balaban J connectivity index is 1.36. The van der Waals surface area contributed by atoms with Crippen molar-refractivity contribution >= 4 is 11.7 Å². The Kier molecular flexibility index (Phi) is 5.92. The zero-order valence-corrected chi connectivity index (χ0v) is 16.7. The lowest BCUT2D eigenvalue weighted by molar-refractivity contribution is 0.186. The Morgan fingerprint density at radius 1 is 1.20 bits per heavy atom. The Labute approximate surface area is 173 Å². The number of piperidine rings is 1. The number of urea groups is 1. The lowest BCUT2D eigenvalue weighted by Gasteiger charge is -2.31. The number of rotatable bonds is 5. The lowest BCUT2D eigenvalue weighted by atomic mass is 9.98. The van der Waals surface area contributed by atoms with E-state index in [0.29, 0.717) is 37.0 Å². The molecule has 1 atom stereocenters. The molecule has 7 nitrogen and oxygen atoms in total. The van der Waals surface area contributed by atoms with E-state index in [4.69, 9.17) is 9.15 Å². The van der Waals surface area contributed by atoms with Crippen LogP contribution in [0.4, 0.5) is 14.9 Å². The van der Waals surface area contributed by atoms with Crippen molar-refractivity contribution in [1.82, 2.24) is 15.1 Å². The lowest BCUT2D eigenvalue weighted by Crippen LogP contribution is -2.41. The standard InChI is InChI=1S/C22H23FN4O3/c1-29-19-10-8-18(9-11-19)24-22(28)27-12-2-3-16(14-27)21-26-25-20(30-21)13-15-4-6-17(23)7-5-15/h4-11,16H,2-3,12-14H2,1H3,(H,24,28). The Morgan fingerprint density at radius 3 is 2.70 bits per heavy atom. The quantitative estimate of drug-likeness (QED) is 0.681. The number of hydrogen-bond acceptors (Lipinski definition) is 5. The van der Waals surface area contributed by atoms with Crippen molar-refractivity contribution in [2.24, 2.45) is 0 Å². The van der Waals surface area contributed by atoms with Gasteiger partial charge in [-0.25, -0.2) is 9.18 Å². The molecule has 0 aliphatic carbocycles. The van der Waals surface area contributed by atoms with Crippen LogP contribution in [0.15, 0.2) is 52.9 Å². The normalized spacial score (nSPS) is 16.3. The number of nitrogens with zero attached hydrogens (tertiary/aromatic N) is 3. The fraction of sp³-hybridized carbons (Fsp3) is 0.318. The summed E-state index contributed by atoms with van der Waals surface area (Å²) in [6.07, 6.45) is 2.18. The summed E-state index contributed by atoms with van der Waals surface area (Å²) in [6, 6.07) is 13.3. The number of hydrogen-bond donors (Lipinski definition) is 1. The SMILES string of the molecule is COc1ccc(NC(=O)N2CCCC(c3nnc(Cc4ccc(F)cc4)o3)C2)cc1. The number of methoxy groups -OCH3 is 1. The molecule has 3 aromatic rings. The third kappa shape index (κ3) is 4.76. The molecule has 8 heteroatoms. The van der Waals surface area contributed by atoms with Gasteiger partial charge in [-0.1, -0.05) is 12.1 Å². The minimum Gasteiger partial charge on any atom is -0.497 e. The van der Waals surface area contributed by atoms with E-state index in [2.05, 4.69) is 15.5 Å². The topological polar surface area (TPSA) is 80.5 Å². The average molecular weight is 410 g/mol. The van der Waals surface area contributed by atoms with Gasteiger partial charge in [0.15, 0.2) is 0 Å². The molecule has 1 fully saturated rings. The van der Waals surface area contributed by atoms with Crippen LogP contribution >= 0.6 is 0 Å². The molecule has 2 aromatic carbocycles. The number of nitrogens with one attached hydrogen (secondary N) is 1. The highest BCUT2D eigenvalue weighted by Crippen LogP contribution is 2.27. The smallest absolute Gasteiger partial charge is 0.321 e. The molecule has 1 unspecified atom stereocenters. The second-order valence-corrected chi connectivity index (χ2v) is 7.28. The van der Waals surface area contributed by atoms with Gasteiger partial charge in [-0.2, -0.15) is 0 Å². The Morgan fingerprint density at radius 2 is 1.97 bits per heavy atom. The number of carbonyl (C=O) groups excluding carboxylic acids is 1. The van der Waals surface area contributed by atoms with Gasteiger partial charge in [0.25, 0.3) is 0 Å². The maximum absolute atomic E-state index is 13.1. The van der Waals surface area contributed by atoms with Crippen LogP contribution in [0.5, 0.6) is 5.75 Å². The minimum atomic E-state index is -0.278. The van der Waals surface area contributed by atoms with Gasteiger partial charge in [-0.05, 0) is 54.8 Å². The van der Waals surface area contributed by atoms with Crippen LogP contribution < -0.4 is 10.1 Å². The van der Waals surface area contributed by atoms with Gasteiger partial charge < -0.3 is 19.4 Å². The van der Waals surface area contributed by atoms with E-state index >= 15 is 0 Å². The molecule has 2 amide bonds. The Hall–Kier alpha value is -3.42. The maximum Gasteiger partial charge on any atom is 0.321 e. The third-order valence-corrected chi connectivity index (χ3v) is 5.15. The Bertz CT molecular complexity index is 988. The van der Waals surface area contributed by atoms with Crippen LogP contribution in [0.1, 0.15) is 36.1 Å². The fourth-order valence-electron chi connectivity index (χ4n) is 3.52. The van der Waals surface area contributed by atoms with Crippen molar-refractivity contribution < 1.29 is 18.3 Å². The van der Waals surface area contributed by atoms with Crippen LogP contribution in [0.3, 0.4) is 0 Å². The number of benzene rings is 2. The zero-order chi connectivity index (χ0) is 20.9. The summed E-state index contributed by atoms with van der Waals surface area (Å²) in [6.45, 7) is 1.19. The van der Waals surface area contributed by atoms with Gasteiger partial charge in [0, 0.05) is 18.8 Å². The van der Waals surface area contributed by atoms with Gasteiger partial charge in [0.05, 0.1) is 19.4 Å². The number of aromatic nitrogens is 2. The molecule has 2 heterocycles. The van der Waals surface area contributed by atoms with Gasteiger partial charge >= 0.3 is 6.03 Å². The summed E-state index contributed by atoms with van der Waals surface area (Å²) in [5, 5.41) is 11.2. The average Bonchev–Trinajstić information content (AvgIpc) is 3.24. The van der Waals surface area contributed by atoms with E-state index in [-0.39, 0.29) is 17.8 Å². The van der Waals surface area contributed by atoms with E-state index in [1.807, 2.05) is 0 Å². The highest BCUT2D eigenvalue weighted by molar-refractivity contribution is 5.89. The van der Waals surface area contributed by atoms with Crippen molar-refractivity contribution in [3.8, 4) is 5.75 Å². The van der Waals surface area contributed by atoms with E-state index in [0.717, 1.165) is 24.2 Å². The largest absolute Gasteiger partial charge is 0.497 e. The fourth-order valence-corrected chi connectivity index (χ4v) is 3.52. The molecule has 0 spiro atoms. The van der Waals surface area contributed by atoms with Gasteiger partial charge in [0.2, 0.25) is 11.8 Å². The van der Waals surface area contributed by atoms with Crippen LogP contribution in [-0.2, 0) is 6.42 Å². The molecule has 30 heavy (non-hydrogen) atoms. The second kappa shape index (κ2) is 8.94. The van der Waals surface area contributed by atoms with E-state index < -0.39 is 0 Å². The first-order valence-corrected chi connectivity index (χ1v) is 9.87. The summed E-state index contributed by atoms with van der Waals surface area (Å²) in [5.41, 5.74) is 1.61. The molecular weight excluding hydrogens is 387 g/mol. The summed E-state index contributed by atoms with van der Waals surface area (Å²) in [4.78, 5) is 14.4. The monoisotopic (exact) mass is 410 g/mol. The van der Waals surface area contributed by atoms with Gasteiger partial charge in [-0.3, -0.25) is 0 Å². The van der Waals surface area contributed by atoms with Crippen LogP contribution in [-0.4, -0.2) is 41.3 Å². The molecule has 1 aliphatic heterocycles. The van der Waals surface area contributed by atoms with Crippen LogP contribution in [0.25, 0.3) is 0 Å². The number of ether oxygens (including phenoxy) is 1. The summed E-state index contributed by atoms with van der Waals surface area (Å²) < 4.78 is 24.0.